The first kappa shape index (κ1) is 11.5. The Morgan fingerprint density at radius 2 is 2.33 bits per heavy atom. The fourth-order valence-electron chi connectivity index (χ4n) is 1.22. The van der Waals surface area contributed by atoms with Crippen LogP contribution in [-0.2, 0) is 0 Å². The van der Waals surface area contributed by atoms with Crippen LogP contribution in [-0.4, -0.2) is 45.8 Å². The molecule has 0 saturated carbocycles. The maximum Gasteiger partial charge on any atom is 0.259 e. The Kier molecular flexibility index (Phi) is 3.31. The molecule has 0 saturated heterocycles. The molecular weight excluding hydrogens is 196 g/mol. The predicted molar refractivity (Wildman–Crippen MR) is 56.4 cm³/mol. The topological polar surface area (TPSA) is 95.2 Å². The highest BCUT2D eigenvalue weighted by molar-refractivity contribution is 5.99. The van der Waals surface area contributed by atoms with Crippen LogP contribution in [0.4, 0.5) is 5.82 Å². The van der Waals surface area contributed by atoms with E-state index in [9.17, 15) is 4.79 Å². The molecule has 6 nitrogen and oxygen atoms in total. The summed E-state index contributed by atoms with van der Waals surface area (Å²) in [5.74, 6) is -0.0465. The highest BCUT2D eigenvalue weighted by Gasteiger charge is 2.22. The number of anilines is 1. The first-order valence-electron chi connectivity index (χ1n) is 4.67. The number of nitrogen functional groups attached to an aromatic ring is 1. The lowest BCUT2D eigenvalue weighted by Crippen LogP contribution is -2.37. The molecule has 0 bridgehead atoms. The summed E-state index contributed by atoms with van der Waals surface area (Å²) in [5.41, 5.74) is 6.58. The van der Waals surface area contributed by atoms with E-state index >= 15 is 0 Å². The van der Waals surface area contributed by atoms with Crippen molar-refractivity contribution in [3.8, 4) is 0 Å². The number of hydrogen-bond acceptors (Lipinski definition) is 4. The van der Waals surface area contributed by atoms with Gasteiger partial charge in [-0.15, -0.1) is 0 Å². The molecule has 0 fully saturated rings. The van der Waals surface area contributed by atoms with Gasteiger partial charge >= 0.3 is 0 Å². The van der Waals surface area contributed by atoms with Crippen LogP contribution in [0.3, 0.4) is 0 Å². The number of amides is 1. The van der Waals surface area contributed by atoms with Crippen molar-refractivity contribution in [1.82, 2.24) is 15.1 Å². The van der Waals surface area contributed by atoms with E-state index in [0.717, 1.165) is 0 Å². The number of aromatic amines is 1. The van der Waals surface area contributed by atoms with Gasteiger partial charge in [-0.1, -0.05) is 0 Å². The zero-order chi connectivity index (χ0) is 11.6. The second-order valence-corrected chi connectivity index (χ2v) is 3.56. The number of nitrogens with zero attached hydrogens (tertiary/aromatic N) is 2. The maximum absolute atomic E-state index is 11.9. The number of aliphatic hydroxyl groups excluding tert-OH is 1. The molecule has 1 heterocycles. The van der Waals surface area contributed by atoms with Crippen molar-refractivity contribution in [3.05, 3.63) is 11.3 Å². The SMILES string of the molecule is Cc1[nH]nc(N)c1C(=O)N(C)C(C)CO. The molecule has 1 aromatic heterocycles. The minimum absolute atomic E-state index is 0.0843. The van der Waals surface area contributed by atoms with Crippen LogP contribution in [0.15, 0.2) is 0 Å². The molecule has 1 aromatic rings. The largest absolute Gasteiger partial charge is 0.394 e. The molecule has 0 radical (unpaired) electrons. The highest BCUT2D eigenvalue weighted by atomic mass is 16.3. The zero-order valence-electron chi connectivity index (χ0n) is 9.11. The highest BCUT2D eigenvalue weighted by Crippen LogP contribution is 2.15. The molecule has 1 atom stereocenters. The first-order valence-corrected chi connectivity index (χ1v) is 4.67. The molecule has 0 aliphatic heterocycles. The quantitative estimate of drug-likeness (QED) is 0.644. The van der Waals surface area contributed by atoms with Crippen LogP contribution in [0.1, 0.15) is 23.0 Å². The van der Waals surface area contributed by atoms with E-state index in [4.69, 9.17) is 10.8 Å². The molecule has 1 rings (SSSR count). The average molecular weight is 212 g/mol. The van der Waals surface area contributed by atoms with E-state index < -0.39 is 0 Å². The normalized spacial score (nSPS) is 12.5. The summed E-state index contributed by atoms with van der Waals surface area (Å²) in [6.45, 7) is 3.40. The summed E-state index contributed by atoms with van der Waals surface area (Å²) < 4.78 is 0. The van der Waals surface area contributed by atoms with Crippen molar-refractivity contribution in [2.24, 2.45) is 0 Å². The van der Waals surface area contributed by atoms with E-state index in [1.54, 1.807) is 20.9 Å². The van der Waals surface area contributed by atoms with Crippen molar-refractivity contribution in [3.63, 3.8) is 0 Å². The van der Waals surface area contributed by atoms with Crippen molar-refractivity contribution < 1.29 is 9.90 Å². The number of carbonyl (C=O) groups is 1. The van der Waals surface area contributed by atoms with Crippen molar-refractivity contribution in [2.45, 2.75) is 19.9 Å². The van der Waals surface area contributed by atoms with Gasteiger partial charge in [0.25, 0.3) is 5.91 Å². The molecule has 0 spiro atoms. The number of likely N-dealkylation sites (N-methyl/N-ethyl adjacent to an activating group) is 1. The molecule has 15 heavy (non-hydrogen) atoms. The number of nitrogens with one attached hydrogen (secondary N) is 1. The lowest BCUT2D eigenvalue weighted by molar-refractivity contribution is 0.0682. The van der Waals surface area contributed by atoms with Gasteiger partial charge in [0.1, 0.15) is 5.56 Å². The van der Waals surface area contributed by atoms with Gasteiger partial charge in [-0.25, -0.2) is 0 Å². The number of H-pyrrole nitrogens is 1. The molecule has 0 aliphatic carbocycles. The van der Waals surface area contributed by atoms with E-state index in [0.29, 0.717) is 11.3 Å². The Morgan fingerprint density at radius 3 is 2.73 bits per heavy atom. The number of carbonyl (C=O) groups excluding carboxylic acids is 1. The van der Waals surface area contributed by atoms with E-state index in [1.807, 2.05) is 0 Å². The molecule has 0 aliphatic rings. The summed E-state index contributed by atoms with van der Waals surface area (Å²) in [6.07, 6.45) is 0. The van der Waals surface area contributed by atoms with Gasteiger partial charge in [-0.05, 0) is 13.8 Å². The smallest absolute Gasteiger partial charge is 0.259 e. The molecule has 84 valence electrons. The van der Waals surface area contributed by atoms with Crippen LogP contribution in [0.2, 0.25) is 0 Å². The van der Waals surface area contributed by atoms with E-state index in [-0.39, 0.29) is 24.4 Å². The number of aromatic nitrogens is 2. The lowest BCUT2D eigenvalue weighted by Gasteiger charge is -2.23. The number of nitrogens with two attached hydrogens (primary N) is 1. The Balaban J connectivity index is 2.94. The van der Waals surface area contributed by atoms with Crippen molar-refractivity contribution >= 4 is 11.7 Å². The van der Waals surface area contributed by atoms with Crippen LogP contribution in [0, 0.1) is 6.92 Å². The minimum atomic E-state index is -0.244. The molecule has 1 unspecified atom stereocenters. The predicted octanol–water partition coefficient (Wildman–Crippen LogP) is -0.247. The number of hydrogen-bond donors (Lipinski definition) is 3. The van der Waals surface area contributed by atoms with Gasteiger partial charge in [0.05, 0.1) is 12.6 Å². The summed E-state index contributed by atoms with van der Waals surface area (Å²) in [5, 5.41) is 15.3. The van der Waals surface area contributed by atoms with Gasteiger partial charge in [-0.2, -0.15) is 5.10 Å². The zero-order valence-corrected chi connectivity index (χ0v) is 9.11. The molecule has 4 N–H and O–H groups in total. The monoisotopic (exact) mass is 212 g/mol. The summed E-state index contributed by atoms with van der Waals surface area (Å²) in [7, 11) is 1.62. The third-order valence-electron chi connectivity index (χ3n) is 2.43. The van der Waals surface area contributed by atoms with Gasteiger partial charge in [-0.3, -0.25) is 9.89 Å². The number of aliphatic hydroxyl groups is 1. The van der Waals surface area contributed by atoms with Gasteiger partial charge < -0.3 is 15.7 Å². The Labute approximate surface area is 88.1 Å². The van der Waals surface area contributed by atoms with E-state index in [2.05, 4.69) is 10.2 Å². The molecule has 0 aromatic carbocycles. The average Bonchev–Trinajstić information content (AvgIpc) is 2.55. The standard InChI is InChI=1S/C9H16N4O2/c1-5(4-14)13(3)9(15)7-6(2)11-12-8(7)10/h5,14H,4H2,1-3H3,(H3,10,11,12). The van der Waals surface area contributed by atoms with Crippen molar-refractivity contribution in [2.75, 3.05) is 19.4 Å². The number of rotatable bonds is 3. The van der Waals surface area contributed by atoms with Crippen molar-refractivity contribution in [1.29, 1.82) is 0 Å². The first-order chi connectivity index (χ1) is 6.99. The van der Waals surface area contributed by atoms with Gasteiger partial charge in [0, 0.05) is 12.7 Å². The fraction of sp³-hybridized carbons (Fsp3) is 0.556. The van der Waals surface area contributed by atoms with Crippen LogP contribution < -0.4 is 5.73 Å². The summed E-state index contributed by atoms with van der Waals surface area (Å²) >= 11 is 0. The van der Waals surface area contributed by atoms with E-state index in [1.165, 1.54) is 4.90 Å². The van der Waals surface area contributed by atoms with Gasteiger partial charge in [0.15, 0.2) is 5.82 Å². The summed E-state index contributed by atoms with van der Waals surface area (Å²) in [6, 6.07) is -0.244. The molecule has 6 heteroatoms. The molecular formula is C9H16N4O2. The Morgan fingerprint density at radius 1 is 1.73 bits per heavy atom. The Bertz CT molecular complexity index is 341. The van der Waals surface area contributed by atoms with Gasteiger partial charge in [0.2, 0.25) is 0 Å². The van der Waals surface area contributed by atoms with Crippen LogP contribution in [0.25, 0.3) is 0 Å². The second-order valence-electron chi connectivity index (χ2n) is 3.56. The Hall–Kier alpha value is -1.56. The third kappa shape index (κ3) is 2.10. The molecule has 1 amide bonds. The third-order valence-corrected chi connectivity index (χ3v) is 2.43. The van der Waals surface area contributed by atoms with Crippen LogP contribution in [0.5, 0.6) is 0 Å². The lowest BCUT2D eigenvalue weighted by atomic mass is 10.2. The number of aryl methyl sites for hydroxylation is 1. The second kappa shape index (κ2) is 4.31. The maximum atomic E-state index is 11.9. The summed E-state index contributed by atoms with van der Waals surface area (Å²) in [4.78, 5) is 13.4. The van der Waals surface area contributed by atoms with Crippen LogP contribution >= 0.6 is 0 Å². The fourth-order valence-corrected chi connectivity index (χ4v) is 1.22. The minimum Gasteiger partial charge on any atom is -0.394 e.